The van der Waals surface area contributed by atoms with Crippen LogP contribution in [0, 0.1) is 5.92 Å². The van der Waals surface area contributed by atoms with Crippen LogP contribution in [0.5, 0.6) is 0 Å². The number of ether oxygens (including phenoxy) is 1. The number of carbonyl (C=O) groups excluding carboxylic acids is 1. The van der Waals surface area contributed by atoms with Gasteiger partial charge in [0.05, 0.1) is 19.3 Å². The minimum absolute atomic E-state index is 0.119. The van der Waals surface area contributed by atoms with Gasteiger partial charge in [0.25, 0.3) is 0 Å². The van der Waals surface area contributed by atoms with Gasteiger partial charge in [-0.25, -0.2) is 0 Å². The Morgan fingerprint density at radius 1 is 1.00 bits per heavy atom. The Hall–Kier alpha value is -0.690. The molecular formula is C18H36N4O2. The van der Waals surface area contributed by atoms with Crippen molar-refractivity contribution in [2.75, 3.05) is 65.6 Å². The van der Waals surface area contributed by atoms with Gasteiger partial charge in [-0.05, 0) is 19.4 Å². The highest BCUT2D eigenvalue weighted by Crippen LogP contribution is 2.10. The molecule has 2 rings (SSSR count). The molecule has 0 spiro atoms. The van der Waals surface area contributed by atoms with E-state index in [-0.39, 0.29) is 11.9 Å². The molecule has 2 fully saturated rings. The van der Waals surface area contributed by atoms with Crippen molar-refractivity contribution in [1.82, 2.24) is 20.0 Å². The molecule has 0 aromatic carbocycles. The summed E-state index contributed by atoms with van der Waals surface area (Å²) < 4.78 is 5.43. The van der Waals surface area contributed by atoms with Gasteiger partial charge in [0, 0.05) is 51.9 Å². The van der Waals surface area contributed by atoms with E-state index in [4.69, 9.17) is 4.74 Å². The summed E-state index contributed by atoms with van der Waals surface area (Å²) in [7, 11) is 0. The number of hydrogen-bond acceptors (Lipinski definition) is 5. The van der Waals surface area contributed by atoms with E-state index in [1.54, 1.807) is 0 Å². The van der Waals surface area contributed by atoms with E-state index in [1.807, 2.05) is 11.8 Å². The lowest BCUT2D eigenvalue weighted by molar-refractivity contribution is -0.135. The lowest BCUT2D eigenvalue weighted by atomic mass is 10.0. The second-order valence-corrected chi connectivity index (χ2v) is 7.41. The summed E-state index contributed by atoms with van der Waals surface area (Å²) in [6.45, 7) is 18.1. The number of rotatable bonds is 7. The number of likely N-dealkylation sites (N-methyl/N-ethyl adjacent to an activating group) is 1. The summed E-state index contributed by atoms with van der Waals surface area (Å²) in [5, 5.41) is 3.60. The normalized spacial score (nSPS) is 23.5. The second kappa shape index (κ2) is 9.70. The summed E-state index contributed by atoms with van der Waals surface area (Å²) >= 11 is 0. The number of carbonyl (C=O) groups is 1. The van der Waals surface area contributed by atoms with Crippen molar-refractivity contribution in [1.29, 1.82) is 0 Å². The predicted octanol–water partition coefficient (Wildman–Crippen LogP) is 0.485. The first-order valence-corrected chi connectivity index (χ1v) is 9.58. The molecule has 1 amide bonds. The Bertz CT molecular complexity index is 377. The molecule has 1 N–H and O–H groups in total. The van der Waals surface area contributed by atoms with Crippen LogP contribution in [0.2, 0.25) is 0 Å². The van der Waals surface area contributed by atoms with Gasteiger partial charge in [0.1, 0.15) is 0 Å². The van der Waals surface area contributed by atoms with Crippen LogP contribution in [-0.2, 0) is 9.53 Å². The maximum Gasteiger partial charge on any atom is 0.239 e. The van der Waals surface area contributed by atoms with Gasteiger partial charge in [-0.3, -0.25) is 9.69 Å². The van der Waals surface area contributed by atoms with Crippen LogP contribution < -0.4 is 5.32 Å². The lowest BCUT2D eigenvalue weighted by Gasteiger charge is -2.37. The van der Waals surface area contributed by atoms with E-state index in [1.165, 1.54) is 0 Å². The first kappa shape index (κ1) is 19.6. The molecule has 0 aromatic heterocycles. The van der Waals surface area contributed by atoms with E-state index < -0.39 is 0 Å². The zero-order valence-corrected chi connectivity index (χ0v) is 16.0. The van der Waals surface area contributed by atoms with Crippen LogP contribution >= 0.6 is 0 Å². The summed E-state index contributed by atoms with van der Waals surface area (Å²) in [6.07, 6.45) is 0. The molecule has 2 aliphatic heterocycles. The molecule has 2 aliphatic rings. The Morgan fingerprint density at radius 2 is 1.62 bits per heavy atom. The second-order valence-electron chi connectivity index (χ2n) is 7.41. The maximum atomic E-state index is 12.8. The summed E-state index contributed by atoms with van der Waals surface area (Å²) in [6, 6.07) is 0.214. The Balaban J connectivity index is 1.82. The zero-order chi connectivity index (χ0) is 17.5. The first-order chi connectivity index (χ1) is 11.5. The highest BCUT2D eigenvalue weighted by atomic mass is 16.5. The Kier molecular flexibility index (Phi) is 7.94. The molecule has 0 radical (unpaired) electrons. The number of nitrogens with one attached hydrogen (secondary N) is 1. The quantitative estimate of drug-likeness (QED) is 0.731. The van der Waals surface area contributed by atoms with E-state index in [2.05, 4.69) is 35.9 Å². The maximum absolute atomic E-state index is 12.8. The van der Waals surface area contributed by atoms with Gasteiger partial charge >= 0.3 is 0 Å². The fraction of sp³-hybridized carbons (Fsp3) is 0.944. The molecule has 24 heavy (non-hydrogen) atoms. The number of hydrogen-bond donors (Lipinski definition) is 1. The fourth-order valence-electron chi connectivity index (χ4n) is 3.47. The van der Waals surface area contributed by atoms with Gasteiger partial charge < -0.3 is 19.9 Å². The summed E-state index contributed by atoms with van der Waals surface area (Å²) in [5.74, 6) is 0.749. The van der Waals surface area contributed by atoms with Crippen molar-refractivity contribution in [2.45, 2.75) is 39.8 Å². The van der Waals surface area contributed by atoms with Gasteiger partial charge in [-0.2, -0.15) is 0 Å². The molecule has 2 atom stereocenters. The minimum Gasteiger partial charge on any atom is -0.379 e. The average Bonchev–Trinajstić information content (AvgIpc) is 2.61. The van der Waals surface area contributed by atoms with E-state index in [0.29, 0.717) is 12.0 Å². The SMILES string of the molecule is CCN1CCN(C(=O)[C@H](C)N[C@H](CN2CCOCC2)C(C)C)CC1. The van der Waals surface area contributed by atoms with E-state index in [9.17, 15) is 4.79 Å². The largest absolute Gasteiger partial charge is 0.379 e. The van der Waals surface area contributed by atoms with Gasteiger partial charge in [0.15, 0.2) is 0 Å². The molecule has 0 unspecified atom stereocenters. The summed E-state index contributed by atoms with van der Waals surface area (Å²) in [4.78, 5) is 19.6. The average molecular weight is 341 g/mol. The lowest BCUT2D eigenvalue weighted by Crippen LogP contribution is -2.57. The van der Waals surface area contributed by atoms with Crippen molar-refractivity contribution in [3.63, 3.8) is 0 Å². The molecule has 140 valence electrons. The molecule has 2 heterocycles. The Morgan fingerprint density at radius 3 is 2.17 bits per heavy atom. The minimum atomic E-state index is -0.119. The van der Waals surface area contributed by atoms with Gasteiger partial charge in [-0.1, -0.05) is 20.8 Å². The van der Waals surface area contributed by atoms with Crippen molar-refractivity contribution >= 4 is 5.91 Å². The van der Waals surface area contributed by atoms with Crippen molar-refractivity contribution in [3.8, 4) is 0 Å². The molecule has 6 heteroatoms. The molecular weight excluding hydrogens is 304 g/mol. The van der Waals surface area contributed by atoms with Crippen molar-refractivity contribution < 1.29 is 9.53 Å². The van der Waals surface area contributed by atoms with Crippen LogP contribution in [0.1, 0.15) is 27.7 Å². The molecule has 0 bridgehead atoms. The van der Waals surface area contributed by atoms with Crippen molar-refractivity contribution in [3.05, 3.63) is 0 Å². The Labute approximate surface area is 147 Å². The highest BCUT2D eigenvalue weighted by Gasteiger charge is 2.27. The van der Waals surface area contributed by atoms with Crippen LogP contribution in [0.25, 0.3) is 0 Å². The predicted molar refractivity (Wildman–Crippen MR) is 97.2 cm³/mol. The fourth-order valence-corrected chi connectivity index (χ4v) is 3.47. The van der Waals surface area contributed by atoms with Crippen LogP contribution in [0.3, 0.4) is 0 Å². The summed E-state index contributed by atoms with van der Waals surface area (Å²) in [5.41, 5.74) is 0. The third-order valence-corrected chi connectivity index (χ3v) is 5.33. The molecule has 2 saturated heterocycles. The third kappa shape index (κ3) is 5.69. The van der Waals surface area contributed by atoms with Crippen LogP contribution in [0.4, 0.5) is 0 Å². The highest BCUT2D eigenvalue weighted by molar-refractivity contribution is 5.81. The molecule has 0 saturated carbocycles. The zero-order valence-electron chi connectivity index (χ0n) is 16.0. The van der Waals surface area contributed by atoms with Crippen molar-refractivity contribution in [2.24, 2.45) is 5.92 Å². The van der Waals surface area contributed by atoms with Gasteiger partial charge in [0.2, 0.25) is 5.91 Å². The number of piperazine rings is 1. The van der Waals surface area contributed by atoms with Crippen LogP contribution in [0.15, 0.2) is 0 Å². The van der Waals surface area contributed by atoms with Gasteiger partial charge in [-0.15, -0.1) is 0 Å². The third-order valence-electron chi connectivity index (χ3n) is 5.33. The topological polar surface area (TPSA) is 48.0 Å². The monoisotopic (exact) mass is 340 g/mol. The molecule has 0 aromatic rings. The van der Waals surface area contributed by atoms with E-state index >= 15 is 0 Å². The van der Waals surface area contributed by atoms with Crippen LogP contribution in [-0.4, -0.2) is 98.3 Å². The number of nitrogens with zero attached hydrogens (tertiary/aromatic N) is 3. The molecule has 6 nitrogen and oxygen atoms in total. The first-order valence-electron chi connectivity index (χ1n) is 9.58. The number of morpholine rings is 1. The van der Waals surface area contributed by atoms with E-state index in [0.717, 1.165) is 65.6 Å². The molecule has 0 aliphatic carbocycles. The number of amides is 1. The standard InChI is InChI=1S/C18H36N4O2/c1-5-20-6-8-22(9-7-20)18(23)16(4)19-17(15(2)3)14-21-10-12-24-13-11-21/h15-17,19H,5-14H2,1-4H3/t16-,17+/m0/s1. The smallest absolute Gasteiger partial charge is 0.239 e.